The molecule has 2 amide bonds. The van der Waals surface area contributed by atoms with Crippen LogP contribution < -0.4 is 10.9 Å². The maximum Gasteiger partial charge on any atom is 0.279 e. The topological polar surface area (TPSA) is 88.9 Å². The molecule has 1 aromatic carbocycles. The second-order valence-corrected chi connectivity index (χ2v) is 6.93. The van der Waals surface area contributed by atoms with Gasteiger partial charge in [-0.25, -0.2) is 0 Å². The van der Waals surface area contributed by atoms with Crippen LogP contribution in [0.15, 0.2) is 53.3 Å². The van der Waals surface area contributed by atoms with Gasteiger partial charge in [-0.15, -0.1) is 21.5 Å². The molecule has 0 saturated carbocycles. The van der Waals surface area contributed by atoms with Crippen LogP contribution in [-0.2, 0) is 4.79 Å². The Morgan fingerprint density at radius 2 is 2.04 bits per heavy atom. The van der Waals surface area contributed by atoms with E-state index in [1.54, 1.807) is 23.8 Å². The summed E-state index contributed by atoms with van der Waals surface area (Å²) >= 11 is 2.55. The second-order valence-electron chi connectivity index (χ2n) is 5.04. The fourth-order valence-electron chi connectivity index (χ4n) is 2.08. The quantitative estimate of drug-likeness (QED) is 0.529. The standard InChI is InChI=1S/C16H15N5O2S2/c1-11-5-2-3-6-12(11)21-10-17-20-16(21)25-9-14(22)18-19-15(23)13-7-4-8-24-13/h2-8,10H,9H2,1H3,(H,18,22)(H,19,23). The number of hydrogen-bond donors (Lipinski definition) is 2. The Labute approximate surface area is 152 Å². The molecule has 0 atom stereocenters. The number of amides is 2. The largest absolute Gasteiger partial charge is 0.279 e. The summed E-state index contributed by atoms with van der Waals surface area (Å²) in [6.07, 6.45) is 1.61. The third kappa shape index (κ3) is 4.25. The van der Waals surface area contributed by atoms with Crippen LogP contribution in [0.3, 0.4) is 0 Å². The fraction of sp³-hybridized carbons (Fsp3) is 0.125. The molecule has 2 aromatic heterocycles. The van der Waals surface area contributed by atoms with Crippen LogP contribution in [0, 0.1) is 6.92 Å². The van der Waals surface area contributed by atoms with Gasteiger partial charge in [-0.05, 0) is 30.0 Å². The van der Waals surface area contributed by atoms with Crippen molar-refractivity contribution in [1.29, 1.82) is 0 Å². The van der Waals surface area contributed by atoms with Gasteiger partial charge in [-0.2, -0.15) is 0 Å². The van der Waals surface area contributed by atoms with Gasteiger partial charge in [0.25, 0.3) is 5.91 Å². The first-order valence-electron chi connectivity index (χ1n) is 7.36. The molecule has 0 aliphatic heterocycles. The zero-order chi connectivity index (χ0) is 17.6. The minimum absolute atomic E-state index is 0.106. The predicted molar refractivity (Wildman–Crippen MR) is 96.7 cm³/mol. The minimum Gasteiger partial charge on any atom is -0.276 e. The highest BCUT2D eigenvalue weighted by atomic mass is 32.2. The van der Waals surface area contributed by atoms with E-state index >= 15 is 0 Å². The smallest absolute Gasteiger partial charge is 0.276 e. The molecule has 0 aliphatic carbocycles. The molecule has 0 saturated heterocycles. The van der Waals surface area contributed by atoms with Gasteiger partial charge < -0.3 is 0 Å². The zero-order valence-corrected chi connectivity index (χ0v) is 14.9. The first kappa shape index (κ1) is 17.2. The number of thiophene rings is 1. The Morgan fingerprint density at radius 1 is 1.20 bits per heavy atom. The molecular formula is C16H15N5O2S2. The highest BCUT2D eigenvalue weighted by Gasteiger charge is 2.12. The lowest BCUT2D eigenvalue weighted by Crippen LogP contribution is -2.42. The molecular weight excluding hydrogens is 358 g/mol. The minimum atomic E-state index is -0.337. The van der Waals surface area contributed by atoms with Crippen molar-refractivity contribution >= 4 is 34.9 Å². The number of hydrazine groups is 1. The number of carbonyl (C=O) groups is 2. The third-order valence-electron chi connectivity index (χ3n) is 3.28. The molecule has 0 fully saturated rings. The Hall–Kier alpha value is -2.65. The average Bonchev–Trinajstić information content (AvgIpc) is 3.30. The van der Waals surface area contributed by atoms with Gasteiger partial charge in [0.2, 0.25) is 5.91 Å². The van der Waals surface area contributed by atoms with Gasteiger partial charge in [-0.3, -0.25) is 25.0 Å². The van der Waals surface area contributed by atoms with Crippen molar-refractivity contribution in [1.82, 2.24) is 25.6 Å². The van der Waals surface area contributed by atoms with E-state index < -0.39 is 0 Å². The van der Waals surface area contributed by atoms with Crippen LogP contribution in [0.25, 0.3) is 5.69 Å². The van der Waals surface area contributed by atoms with Gasteiger partial charge in [0.15, 0.2) is 5.16 Å². The number of carbonyl (C=O) groups excluding carboxylic acids is 2. The van der Waals surface area contributed by atoms with Crippen molar-refractivity contribution in [2.75, 3.05) is 5.75 Å². The zero-order valence-electron chi connectivity index (χ0n) is 13.3. The predicted octanol–water partition coefficient (Wildman–Crippen LogP) is 2.19. The summed E-state index contributed by atoms with van der Waals surface area (Å²) in [6, 6.07) is 11.3. The van der Waals surface area contributed by atoms with Crippen LogP contribution in [0.4, 0.5) is 0 Å². The van der Waals surface area contributed by atoms with Gasteiger partial charge >= 0.3 is 0 Å². The average molecular weight is 373 g/mol. The Kier molecular flexibility index (Phi) is 5.46. The molecule has 128 valence electrons. The highest BCUT2D eigenvalue weighted by molar-refractivity contribution is 7.99. The number of hydrogen-bond acceptors (Lipinski definition) is 6. The van der Waals surface area contributed by atoms with Crippen molar-refractivity contribution in [2.24, 2.45) is 0 Å². The van der Waals surface area contributed by atoms with Gasteiger partial charge in [0, 0.05) is 0 Å². The van der Waals surface area contributed by atoms with E-state index in [2.05, 4.69) is 21.0 Å². The summed E-state index contributed by atoms with van der Waals surface area (Å²) in [6.45, 7) is 2.00. The number of benzene rings is 1. The Balaban J connectivity index is 1.56. The monoisotopic (exact) mass is 373 g/mol. The summed E-state index contributed by atoms with van der Waals surface area (Å²) in [5.74, 6) is -0.555. The lowest BCUT2D eigenvalue weighted by molar-refractivity contribution is -0.119. The Morgan fingerprint density at radius 3 is 2.80 bits per heavy atom. The fourth-order valence-corrected chi connectivity index (χ4v) is 3.42. The molecule has 9 heteroatoms. The lowest BCUT2D eigenvalue weighted by Gasteiger charge is -2.09. The number of thioether (sulfide) groups is 1. The first-order chi connectivity index (χ1) is 12.1. The van der Waals surface area contributed by atoms with E-state index in [1.165, 1.54) is 23.1 Å². The normalized spacial score (nSPS) is 10.4. The summed E-state index contributed by atoms with van der Waals surface area (Å²) in [5, 5.41) is 10.4. The van der Waals surface area contributed by atoms with Crippen LogP contribution in [-0.4, -0.2) is 32.3 Å². The molecule has 25 heavy (non-hydrogen) atoms. The molecule has 3 aromatic rings. The van der Waals surface area contributed by atoms with E-state index in [-0.39, 0.29) is 17.6 Å². The summed E-state index contributed by atoms with van der Waals surface area (Å²) in [4.78, 5) is 24.2. The van der Waals surface area contributed by atoms with Crippen molar-refractivity contribution in [3.63, 3.8) is 0 Å². The van der Waals surface area contributed by atoms with Crippen LogP contribution in [0.1, 0.15) is 15.2 Å². The molecule has 0 spiro atoms. The number of nitrogens with one attached hydrogen (secondary N) is 2. The van der Waals surface area contributed by atoms with E-state index in [4.69, 9.17) is 0 Å². The number of para-hydroxylation sites is 1. The van der Waals surface area contributed by atoms with Crippen LogP contribution >= 0.6 is 23.1 Å². The van der Waals surface area contributed by atoms with E-state index in [9.17, 15) is 9.59 Å². The molecule has 3 rings (SSSR count). The van der Waals surface area contributed by atoms with Crippen molar-refractivity contribution in [3.8, 4) is 5.69 Å². The van der Waals surface area contributed by atoms with E-state index in [1.807, 2.05) is 35.8 Å². The summed E-state index contributed by atoms with van der Waals surface area (Å²) < 4.78 is 1.83. The molecule has 2 N–H and O–H groups in total. The van der Waals surface area contributed by atoms with E-state index in [0.717, 1.165) is 11.3 Å². The van der Waals surface area contributed by atoms with Crippen molar-refractivity contribution in [2.45, 2.75) is 12.1 Å². The first-order valence-corrected chi connectivity index (χ1v) is 9.23. The maximum absolute atomic E-state index is 11.9. The van der Waals surface area contributed by atoms with Crippen molar-refractivity contribution < 1.29 is 9.59 Å². The third-order valence-corrected chi connectivity index (χ3v) is 5.10. The highest BCUT2D eigenvalue weighted by Crippen LogP contribution is 2.21. The lowest BCUT2D eigenvalue weighted by atomic mass is 10.2. The van der Waals surface area contributed by atoms with Crippen molar-refractivity contribution in [3.05, 3.63) is 58.5 Å². The Bertz CT molecular complexity index is 876. The summed E-state index contributed by atoms with van der Waals surface area (Å²) in [7, 11) is 0. The maximum atomic E-state index is 11.9. The molecule has 0 radical (unpaired) electrons. The molecule has 7 nitrogen and oxygen atoms in total. The van der Waals surface area contributed by atoms with Crippen LogP contribution in [0.5, 0.6) is 0 Å². The number of rotatable bonds is 5. The van der Waals surface area contributed by atoms with Gasteiger partial charge in [-0.1, -0.05) is 36.0 Å². The van der Waals surface area contributed by atoms with Gasteiger partial charge in [0.1, 0.15) is 6.33 Å². The molecule has 0 unspecified atom stereocenters. The summed E-state index contributed by atoms with van der Waals surface area (Å²) in [5.41, 5.74) is 6.82. The number of aryl methyl sites for hydroxylation is 1. The van der Waals surface area contributed by atoms with Crippen LogP contribution in [0.2, 0.25) is 0 Å². The SMILES string of the molecule is Cc1ccccc1-n1cnnc1SCC(=O)NNC(=O)c1cccs1. The number of nitrogens with zero attached hydrogens (tertiary/aromatic N) is 3. The number of aromatic nitrogens is 3. The van der Waals surface area contributed by atoms with Gasteiger partial charge in [0.05, 0.1) is 16.3 Å². The second kappa shape index (κ2) is 7.95. The molecule has 0 bridgehead atoms. The van der Waals surface area contributed by atoms with E-state index in [0.29, 0.717) is 10.0 Å². The molecule has 2 heterocycles. The molecule has 0 aliphatic rings.